The van der Waals surface area contributed by atoms with Crippen molar-refractivity contribution in [3.63, 3.8) is 0 Å². The summed E-state index contributed by atoms with van der Waals surface area (Å²) in [6.07, 6.45) is 5.49. The Morgan fingerprint density at radius 1 is 1.00 bits per heavy atom. The molecule has 1 aliphatic carbocycles. The monoisotopic (exact) mass is 423 g/mol. The Morgan fingerprint density at radius 3 is 2.21 bits per heavy atom. The van der Waals surface area contributed by atoms with E-state index in [-0.39, 0.29) is 16.5 Å². The van der Waals surface area contributed by atoms with E-state index in [0.29, 0.717) is 13.1 Å². The fourth-order valence-corrected chi connectivity index (χ4v) is 4.54. The molecule has 1 aromatic rings. The average molecular weight is 423 g/mol. The normalized spacial score (nSPS) is 17.8. The molecule has 0 spiro atoms. The summed E-state index contributed by atoms with van der Waals surface area (Å²) in [5, 5.41) is 4.66. The first-order chi connectivity index (χ1) is 13.9. The average Bonchev–Trinajstić information content (AvgIpc) is 3.53. The van der Waals surface area contributed by atoms with Crippen molar-refractivity contribution in [2.24, 2.45) is 0 Å². The lowest BCUT2D eigenvalue weighted by Gasteiger charge is -2.19. The summed E-state index contributed by atoms with van der Waals surface area (Å²) in [6, 6.07) is 4.92. The van der Waals surface area contributed by atoms with Gasteiger partial charge in [0.1, 0.15) is 0 Å². The predicted octanol–water partition coefficient (Wildman–Crippen LogP) is 1.40. The molecule has 29 heavy (non-hydrogen) atoms. The molecule has 0 aromatic heterocycles. The Balaban J connectivity index is 1.52. The second kappa shape index (κ2) is 9.36. The van der Waals surface area contributed by atoms with Gasteiger partial charge >= 0.3 is 12.0 Å². The van der Waals surface area contributed by atoms with Gasteiger partial charge < -0.3 is 10.1 Å². The smallest absolute Gasteiger partial charge is 0.338 e. The minimum absolute atomic E-state index is 0.106. The van der Waals surface area contributed by atoms with E-state index < -0.39 is 34.5 Å². The van der Waals surface area contributed by atoms with Gasteiger partial charge in [-0.1, -0.05) is 12.8 Å². The maximum absolute atomic E-state index is 12.7. The van der Waals surface area contributed by atoms with Crippen LogP contribution < -0.4 is 10.6 Å². The van der Waals surface area contributed by atoms with E-state index in [1.807, 2.05) is 0 Å². The van der Waals surface area contributed by atoms with Crippen LogP contribution in [0.25, 0.3) is 0 Å². The van der Waals surface area contributed by atoms with Crippen molar-refractivity contribution in [1.29, 1.82) is 0 Å². The first-order valence-corrected chi connectivity index (χ1v) is 11.2. The molecular weight excluding hydrogens is 398 g/mol. The van der Waals surface area contributed by atoms with Gasteiger partial charge in [-0.3, -0.25) is 10.1 Å². The number of rotatable bonds is 6. The highest BCUT2D eigenvalue weighted by molar-refractivity contribution is 7.89. The Morgan fingerprint density at radius 2 is 1.62 bits per heavy atom. The third kappa shape index (κ3) is 6.01. The van der Waals surface area contributed by atoms with Crippen molar-refractivity contribution in [3.8, 4) is 0 Å². The number of nitrogens with one attached hydrogen (secondary N) is 2. The molecule has 3 amide bonds. The number of ether oxygens (including phenoxy) is 1. The number of amides is 3. The molecule has 158 valence electrons. The highest BCUT2D eigenvalue weighted by atomic mass is 32.2. The second-order valence-electron chi connectivity index (χ2n) is 7.21. The van der Waals surface area contributed by atoms with E-state index in [4.69, 9.17) is 4.74 Å². The van der Waals surface area contributed by atoms with Crippen molar-refractivity contribution in [1.82, 2.24) is 14.9 Å². The van der Waals surface area contributed by atoms with E-state index in [1.165, 1.54) is 28.6 Å². The Labute approximate surface area is 169 Å². The first-order valence-electron chi connectivity index (χ1n) is 9.74. The van der Waals surface area contributed by atoms with Gasteiger partial charge in [0.25, 0.3) is 5.91 Å². The molecule has 10 heteroatoms. The summed E-state index contributed by atoms with van der Waals surface area (Å²) in [7, 11) is -3.60. The molecule has 9 nitrogen and oxygen atoms in total. The lowest BCUT2D eigenvalue weighted by molar-refractivity contribution is -0.123. The number of sulfonamides is 1. The SMILES string of the molecule is O=C(COC(=O)c1ccc(S(=O)(=O)N2CCCCCC2)cc1)NC(=O)NC1CC1. The number of esters is 1. The molecule has 1 saturated heterocycles. The molecule has 0 bridgehead atoms. The van der Waals surface area contributed by atoms with Crippen LogP contribution >= 0.6 is 0 Å². The summed E-state index contributed by atoms with van der Waals surface area (Å²) in [6.45, 7) is 0.385. The number of carbonyl (C=O) groups is 3. The summed E-state index contributed by atoms with van der Waals surface area (Å²) in [5.74, 6) is -1.52. The second-order valence-corrected chi connectivity index (χ2v) is 9.15. The van der Waals surface area contributed by atoms with Gasteiger partial charge in [-0.25, -0.2) is 18.0 Å². The van der Waals surface area contributed by atoms with Crippen LogP contribution in [0.5, 0.6) is 0 Å². The molecule has 0 radical (unpaired) electrons. The highest BCUT2D eigenvalue weighted by Gasteiger charge is 2.26. The quantitative estimate of drug-likeness (QED) is 0.667. The number of nitrogens with zero attached hydrogens (tertiary/aromatic N) is 1. The van der Waals surface area contributed by atoms with Crippen molar-refractivity contribution in [3.05, 3.63) is 29.8 Å². The third-order valence-electron chi connectivity index (χ3n) is 4.79. The lowest BCUT2D eigenvalue weighted by Crippen LogP contribution is -2.42. The Hall–Kier alpha value is -2.46. The van der Waals surface area contributed by atoms with Gasteiger partial charge in [-0.15, -0.1) is 0 Å². The fourth-order valence-electron chi connectivity index (χ4n) is 3.02. The molecule has 3 rings (SSSR count). The van der Waals surface area contributed by atoms with Crippen molar-refractivity contribution in [2.75, 3.05) is 19.7 Å². The zero-order valence-electron chi connectivity index (χ0n) is 16.1. The Kier molecular flexibility index (Phi) is 6.86. The van der Waals surface area contributed by atoms with Crippen LogP contribution in [0.3, 0.4) is 0 Å². The molecule has 0 atom stereocenters. The number of benzene rings is 1. The molecule has 2 N–H and O–H groups in total. The van der Waals surface area contributed by atoms with Crippen LogP contribution in [0, 0.1) is 0 Å². The summed E-state index contributed by atoms with van der Waals surface area (Å²) >= 11 is 0. The van der Waals surface area contributed by atoms with Crippen LogP contribution in [-0.4, -0.2) is 56.4 Å². The number of imide groups is 1. The van der Waals surface area contributed by atoms with Crippen LogP contribution in [0.15, 0.2) is 29.2 Å². The summed E-state index contributed by atoms with van der Waals surface area (Å²) in [4.78, 5) is 35.3. The lowest BCUT2D eigenvalue weighted by atomic mass is 10.2. The molecule has 2 fully saturated rings. The molecular formula is C19H25N3O6S. The van der Waals surface area contributed by atoms with Gasteiger partial charge in [0.15, 0.2) is 6.61 Å². The van der Waals surface area contributed by atoms with Crippen LogP contribution in [-0.2, 0) is 19.6 Å². The minimum Gasteiger partial charge on any atom is -0.452 e. The molecule has 1 saturated carbocycles. The standard InChI is InChI=1S/C19H25N3O6S/c23-17(21-19(25)20-15-7-8-15)13-28-18(24)14-5-9-16(10-6-14)29(26,27)22-11-3-1-2-4-12-22/h5-6,9-10,15H,1-4,7-8,11-13H2,(H2,20,21,23,25). The van der Waals surface area contributed by atoms with Crippen LogP contribution in [0.1, 0.15) is 48.9 Å². The molecule has 2 aliphatic rings. The van der Waals surface area contributed by atoms with E-state index in [0.717, 1.165) is 38.5 Å². The first kappa shape index (κ1) is 21.3. The van der Waals surface area contributed by atoms with Gasteiger partial charge in [0, 0.05) is 19.1 Å². The topological polar surface area (TPSA) is 122 Å². The fraction of sp³-hybridized carbons (Fsp3) is 0.526. The van der Waals surface area contributed by atoms with E-state index in [1.54, 1.807) is 0 Å². The van der Waals surface area contributed by atoms with Gasteiger partial charge in [0.2, 0.25) is 10.0 Å². The number of carbonyl (C=O) groups excluding carboxylic acids is 3. The molecule has 0 unspecified atom stereocenters. The Bertz CT molecular complexity index is 856. The van der Waals surface area contributed by atoms with Crippen LogP contribution in [0.2, 0.25) is 0 Å². The number of hydrogen-bond donors (Lipinski definition) is 2. The predicted molar refractivity (Wildman–Crippen MR) is 104 cm³/mol. The van der Waals surface area contributed by atoms with E-state index in [2.05, 4.69) is 10.6 Å². The molecule has 1 aliphatic heterocycles. The zero-order valence-corrected chi connectivity index (χ0v) is 16.9. The molecule has 1 aromatic carbocycles. The van der Waals surface area contributed by atoms with Gasteiger partial charge in [-0.2, -0.15) is 4.31 Å². The number of hydrogen-bond acceptors (Lipinski definition) is 6. The highest BCUT2D eigenvalue weighted by Crippen LogP contribution is 2.21. The zero-order chi connectivity index (χ0) is 20.9. The largest absolute Gasteiger partial charge is 0.452 e. The minimum atomic E-state index is -3.60. The molecule has 1 heterocycles. The van der Waals surface area contributed by atoms with E-state index >= 15 is 0 Å². The van der Waals surface area contributed by atoms with Crippen molar-refractivity contribution in [2.45, 2.75) is 49.5 Å². The van der Waals surface area contributed by atoms with Gasteiger partial charge in [-0.05, 0) is 49.9 Å². The van der Waals surface area contributed by atoms with Gasteiger partial charge in [0.05, 0.1) is 10.5 Å². The summed E-state index contributed by atoms with van der Waals surface area (Å²) in [5.41, 5.74) is 0.120. The number of urea groups is 1. The third-order valence-corrected chi connectivity index (χ3v) is 6.71. The maximum atomic E-state index is 12.7. The van der Waals surface area contributed by atoms with Crippen molar-refractivity contribution < 1.29 is 27.5 Å². The van der Waals surface area contributed by atoms with Crippen LogP contribution in [0.4, 0.5) is 4.79 Å². The van der Waals surface area contributed by atoms with E-state index in [9.17, 15) is 22.8 Å². The summed E-state index contributed by atoms with van der Waals surface area (Å²) < 4.78 is 31.8. The van der Waals surface area contributed by atoms with Crippen molar-refractivity contribution >= 4 is 27.9 Å². The maximum Gasteiger partial charge on any atom is 0.338 e.